The van der Waals surface area contributed by atoms with Crippen molar-refractivity contribution in [3.63, 3.8) is 0 Å². The number of carbonyl (C=O) groups excluding carboxylic acids is 2. The van der Waals surface area contributed by atoms with Crippen LogP contribution in [0.4, 0.5) is 10.2 Å². The fourth-order valence-corrected chi connectivity index (χ4v) is 3.78. The molecule has 0 unspecified atom stereocenters. The number of anilines is 1. The smallest absolute Gasteiger partial charge is 0.254 e. The number of halogens is 1. The van der Waals surface area contributed by atoms with Crippen molar-refractivity contribution >= 4 is 17.5 Å². The number of nitrogens with one attached hydrogen (secondary N) is 1. The van der Waals surface area contributed by atoms with E-state index in [1.54, 1.807) is 12.3 Å². The van der Waals surface area contributed by atoms with Crippen molar-refractivity contribution in [3.05, 3.63) is 77.4 Å². The molecular formula is C24H23FN4O2. The molecule has 158 valence electrons. The summed E-state index contributed by atoms with van der Waals surface area (Å²) in [5, 5.41) is 2.72. The van der Waals surface area contributed by atoms with Gasteiger partial charge in [-0.1, -0.05) is 36.4 Å². The third-order valence-electron chi connectivity index (χ3n) is 5.56. The lowest BCUT2D eigenvalue weighted by Crippen LogP contribution is -2.23. The van der Waals surface area contributed by atoms with Gasteiger partial charge in [0.2, 0.25) is 0 Å². The molecule has 0 aliphatic heterocycles. The predicted octanol–water partition coefficient (Wildman–Crippen LogP) is 4.02. The molecule has 1 aromatic heterocycles. The van der Waals surface area contributed by atoms with Gasteiger partial charge in [-0.2, -0.15) is 0 Å². The van der Waals surface area contributed by atoms with Gasteiger partial charge in [-0.3, -0.25) is 9.59 Å². The van der Waals surface area contributed by atoms with Crippen molar-refractivity contribution in [2.45, 2.75) is 38.1 Å². The van der Waals surface area contributed by atoms with Crippen molar-refractivity contribution in [3.8, 4) is 11.3 Å². The summed E-state index contributed by atoms with van der Waals surface area (Å²) in [5.41, 5.74) is 8.47. The van der Waals surface area contributed by atoms with Crippen LogP contribution >= 0.6 is 0 Å². The molecular weight excluding hydrogens is 395 g/mol. The monoisotopic (exact) mass is 418 g/mol. The Morgan fingerprint density at radius 2 is 1.87 bits per heavy atom. The first kappa shape index (κ1) is 20.7. The lowest BCUT2D eigenvalue weighted by molar-refractivity contribution is -0.120. The summed E-state index contributed by atoms with van der Waals surface area (Å²) in [5.74, 6) is -0.553. The lowest BCUT2D eigenvalue weighted by Gasteiger charge is -2.21. The Labute approximate surface area is 179 Å². The molecule has 3 N–H and O–H groups in total. The minimum atomic E-state index is -0.655. The molecule has 2 aromatic carbocycles. The van der Waals surface area contributed by atoms with Crippen molar-refractivity contribution in [1.29, 1.82) is 0 Å². The van der Waals surface area contributed by atoms with Crippen LogP contribution in [0.3, 0.4) is 0 Å². The zero-order valence-corrected chi connectivity index (χ0v) is 17.0. The second kappa shape index (κ2) is 9.04. The van der Waals surface area contributed by atoms with Gasteiger partial charge < -0.3 is 11.1 Å². The Kier molecular flexibility index (Phi) is 6.02. The number of carbonyl (C=O) groups is 2. The second-order valence-corrected chi connectivity index (χ2v) is 7.70. The summed E-state index contributed by atoms with van der Waals surface area (Å²) in [4.78, 5) is 32.8. The number of aromatic nitrogens is 2. The van der Waals surface area contributed by atoms with Crippen LogP contribution in [0.5, 0.6) is 0 Å². The van der Waals surface area contributed by atoms with E-state index >= 15 is 0 Å². The van der Waals surface area contributed by atoms with Gasteiger partial charge in [0.25, 0.3) is 5.91 Å². The van der Waals surface area contributed by atoms with Crippen LogP contribution < -0.4 is 11.1 Å². The van der Waals surface area contributed by atoms with Crippen LogP contribution in [0, 0.1) is 5.82 Å². The van der Waals surface area contributed by atoms with E-state index in [4.69, 9.17) is 5.73 Å². The van der Waals surface area contributed by atoms with Crippen LogP contribution in [-0.4, -0.2) is 21.7 Å². The zero-order chi connectivity index (χ0) is 21.8. The molecule has 0 atom stereocenters. The van der Waals surface area contributed by atoms with Gasteiger partial charge in [-0.25, -0.2) is 14.4 Å². The molecule has 3 aromatic rings. The van der Waals surface area contributed by atoms with Crippen molar-refractivity contribution in [1.82, 2.24) is 15.3 Å². The minimum Gasteiger partial charge on any atom is -0.382 e. The van der Waals surface area contributed by atoms with Crippen LogP contribution in [0.15, 0.2) is 54.7 Å². The standard InChI is InChI=1S/C24H23FN4O2/c25-20-12-17(8-11-19(20)24(31)28-13-15-4-2-1-3-5-15)22-23(26)27-14-21(29-22)16-6-9-18(30)10-7-16/h1-5,8,11-12,14,16H,6-7,9-10,13H2,(H2,26,27)(H,28,31). The van der Waals surface area contributed by atoms with Gasteiger partial charge in [0.1, 0.15) is 23.1 Å². The third kappa shape index (κ3) is 4.77. The maximum Gasteiger partial charge on any atom is 0.254 e. The number of amides is 1. The number of nitrogens with two attached hydrogens (primary N) is 1. The average Bonchev–Trinajstić information content (AvgIpc) is 2.79. The number of benzene rings is 2. The predicted molar refractivity (Wildman–Crippen MR) is 116 cm³/mol. The van der Waals surface area contributed by atoms with E-state index in [0.717, 1.165) is 24.1 Å². The average molecular weight is 418 g/mol. The van der Waals surface area contributed by atoms with E-state index < -0.39 is 11.7 Å². The molecule has 4 rings (SSSR count). The molecule has 1 fully saturated rings. The van der Waals surface area contributed by atoms with E-state index in [2.05, 4.69) is 15.3 Å². The highest BCUT2D eigenvalue weighted by Crippen LogP contribution is 2.32. The van der Waals surface area contributed by atoms with E-state index in [9.17, 15) is 14.0 Å². The Morgan fingerprint density at radius 3 is 2.58 bits per heavy atom. The highest BCUT2D eigenvalue weighted by Gasteiger charge is 2.23. The number of ketones is 1. The van der Waals surface area contributed by atoms with E-state index in [0.29, 0.717) is 30.6 Å². The van der Waals surface area contributed by atoms with Gasteiger partial charge >= 0.3 is 0 Å². The summed E-state index contributed by atoms with van der Waals surface area (Å²) < 4.78 is 14.8. The second-order valence-electron chi connectivity index (χ2n) is 7.70. The number of hydrogen-bond donors (Lipinski definition) is 2. The number of nitrogens with zero attached hydrogens (tertiary/aromatic N) is 2. The third-order valence-corrected chi connectivity index (χ3v) is 5.56. The Bertz CT molecular complexity index is 1110. The Hall–Kier alpha value is -3.61. The number of Topliss-reactive ketones (excluding diaryl/α,β-unsaturated/α-hetero) is 1. The number of hydrogen-bond acceptors (Lipinski definition) is 5. The maximum atomic E-state index is 14.8. The normalized spacial score (nSPS) is 14.4. The fraction of sp³-hybridized carbons (Fsp3) is 0.250. The van der Waals surface area contributed by atoms with Crippen LogP contribution in [-0.2, 0) is 11.3 Å². The van der Waals surface area contributed by atoms with Gasteiger partial charge in [0.05, 0.1) is 17.5 Å². The molecule has 1 amide bonds. The summed E-state index contributed by atoms with van der Waals surface area (Å²) in [7, 11) is 0. The zero-order valence-electron chi connectivity index (χ0n) is 17.0. The minimum absolute atomic E-state index is 0.0480. The van der Waals surface area contributed by atoms with Crippen LogP contribution in [0.2, 0.25) is 0 Å². The first-order valence-electron chi connectivity index (χ1n) is 10.3. The van der Waals surface area contributed by atoms with E-state index in [-0.39, 0.29) is 23.1 Å². The molecule has 1 aliphatic carbocycles. The quantitative estimate of drug-likeness (QED) is 0.652. The SMILES string of the molecule is Nc1ncc(C2CCC(=O)CC2)nc1-c1ccc(C(=O)NCc2ccccc2)c(F)c1. The molecule has 7 heteroatoms. The van der Waals surface area contributed by atoms with Crippen molar-refractivity contribution in [2.75, 3.05) is 5.73 Å². The first-order chi connectivity index (χ1) is 15.0. The van der Waals surface area contributed by atoms with E-state index in [1.165, 1.54) is 12.1 Å². The van der Waals surface area contributed by atoms with E-state index in [1.807, 2.05) is 30.3 Å². The maximum absolute atomic E-state index is 14.8. The summed E-state index contributed by atoms with van der Waals surface area (Å²) in [6.45, 7) is 0.311. The summed E-state index contributed by atoms with van der Waals surface area (Å²) in [6.07, 6.45) is 4.15. The van der Waals surface area contributed by atoms with Crippen LogP contribution in [0.1, 0.15) is 53.2 Å². The number of nitrogen functional groups attached to an aromatic ring is 1. The van der Waals surface area contributed by atoms with Crippen molar-refractivity contribution < 1.29 is 14.0 Å². The largest absolute Gasteiger partial charge is 0.382 e. The molecule has 31 heavy (non-hydrogen) atoms. The Morgan fingerprint density at radius 1 is 1.13 bits per heavy atom. The molecule has 1 heterocycles. The molecule has 0 bridgehead atoms. The first-order valence-corrected chi connectivity index (χ1v) is 10.3. The molecule has 0 spiro atoms. The van der Waals surface area contributed by atoms with Crippen molar-refractivity contribution in [2.24, 2.45) is 0 Å². The van der Waals surface area contributed by atoms with Crippen LogP contribution in [0.25, 0.3) is 11.3 Å². The lowest BCUT2D eigenvalue weighted by atomic mass is 9.86. The molecule has 0 radical (unpaired) electrons. The topological polar surface area (TPSA) is 98.0 Å². The molecule has 1 saturated carbocycles. The molecule has 6 nitrogen and oxygen atoms in total. The van der Waals surface area contributed by atoms with Gasteiger partial charge in [0, 0.05) is 30.9 Å². The fourth-order valence-electron chi connectivity index (χ4n) is 3.78. The molecule has 0 saturated heterocycles. The number of rotatable bonds is 5. The van der Waals surface area contributed by atoms with Gasteiger partial charge in [0.15, 0.2) is 0 Å². The highest BCUT2D eigenvalue weighted by atomic mass is 19.1. The highest BCUT2D eigenvalue weighted by molar-refractivity contribution is 5.95. The van der Waals surface area contributed by atoms with Gasteiger partial charge in [-0.15, -0.1) is 0 Å². The summed E-state index contributed by atoms with van der Waals surface area (Å²) in [6, 6.07) is 13.7. The Balaban J connectivity index is 1.52. The summed E-state index contributed by atoms with van der Waals surface area (Å²) >= 11 is 0. The van der Waals surface area contributed by atoms with Gasteiger partial charge in [-0.05, 0) is 30.5 Å². The molecule has 1 aliphatic rings.